The van der Waals surface area contributed by atoms with Crippen LogP contribution in [0.3, 0.4) is 0 Å². The number of hydrogen-bond donors (Lipinski definition) is 1. The SMILES string of the molecule is CC[N+](=Cc1cccc(C)c1Pc1cccc(C)c1O)Cc1ccccc1.[Cl][Ti][Cl]. The second-order valence-corrected chi connectivity index (χ2v) is 10.8. The molecule has 0 aliphatic carbocycles. The number of halogens is 2. The Morgan fingerprint density at radius 3 is 2.23 bits per heavy atom. The molecule has 0 amide bonds. The van der Waals surface area contributed by atoms with E-state index in [1.165, 1.54) is 22.0 Å². The average Bonchev–Trinajstić information content (AvgIpc) is 2.74. The first-order valence-corrected chi connectivity index (χ1v) is 15.0. The number of nitrogens with zero attached hydrogens (tertiary/aromatic N) is 1. The number of para-hydroxylation sites is 1. The maximum absolute atomic E-state index is 10.4. The fourth-order valence-electron chi connectivity index (χ4n) is 3.13. The van der Waals surface area contributed by atoms with Gasteiger partial charge in [-0.15, -0.1) is 0 Å². The van der Waals surface area contributed by atoms with E-state index in [4.69, 9.17) is 18.6 Å². The van der Waals surface area contributed by atoms with E-state index in [1.807, 2.05) is 25.1 Å². The summed E-state index contributed by atoms with van der Waals surface area (Å²) >= 11 is -0.556. The molecule has 0 saturated heterocycles. The summed E-state index contributed by atoms with van der Waals surface area (Å²) < 4.78 is 2.34. The van der Waals surface area contributed by atoms with Gasteiger partial charge in [-0.3, -0.25) is 0 Å². The number of rotatable bonds is 6. The van der Waals surface area contributed by atoms with E-state index >= 15 is 0 Å². The van der Waals surface area contributed by atoms with Gasteiger partial charge in [0, 0.05) is 16.4 Å². The van der Waals surface area contributed by atoms with Crippen LogP contribution in [0.4, 0.5) is 0 Å². The molecule has 0 spiro atoms. The van der Waals surface area contributed by atoms with Crippen molar-refractivity contribution in [2.75, 3.05) is 6.54 Å². The zero-order valence-corrected chi connectivity index (χ0v) is 21.6. The van der Waals surface area contributed by atoms with E-state index in [0.29, 0.717) is 14.3 Å². The Labute approximate surface area is 198 Å². The van der Waals surface area contributed by atoms with E-state index in [0.717, 1.165) is 24.0 Å². The predicted molar refractivity (Wildman–Crippen MR) is 129 cm³/mol. The third-order valence-corrected chi connectivity index (χ3v) is 6.36. The van der Waals surface area contributed by atoms with Crippen molar-refractivity contribution in [2.24, 2.45) is 0 Å². The van der Waals surface area contributed by atoms with Crippen molar-refractivity contribution in [3.63, 3.8) is 0 Å². The molecule has 1 atom stereocenters. The molecule has 3 rings (SSSR count). The summed E-state index contributed by atoms with van der Waals surface area (Å²) in [5.74, 6) is 0.418. The minimum absolute atomic E-state index is 0.418. The standard InChI is InChI=1S/C24H26NOP.2ClH.Ti/c1-4-25(16-20-12-6-5-7-13-20)17-21-14-8-11-19(3)24(21)27-22-15-9-10-18(2)23(22)26;;;/h5-15,17,27H,4,16H2,1-3H3;2*1H;/q;;;+2/p-1. The van der Waals surface area contributed by atoms with Crippen LogP contribution in [0, 0.1) is 13.8 Å². The van der Waals surface area contributed by atoms with Gasteiger partial charge in [0.1, 0.15) is 12.3 Å². The third-order valence-electron chi connectivity index (χ3n) is 4.76. The normalized spacial score (nSPS) is 11.3. The van der Waals surface area contributed by atoms with Gasteiger partial charge in [-0.1, -0.05) is 69.2 Å². The van der Waals surface area contributed by atoms with Gasteiger partial charge >= 0.3 is 35.6 Å². The molecule has 0 saturated carbocycles. The van der Waals surface area contributed by atoms with Crippen LogP contribution in [-0.2, 0) is 23.6 Å². The summed E-state index contributed by atoms with van der Waals surface area (Å²) in [6, 6.07) is 23.0. The van der Waals surface area contributed by atoms with Crippen LogP contribution in [0.15, 0.2) is 66.7 Å². The zero-order chi connectivity index (χ0) is 21.9. The molecule has 156 valence electrons. The fraction of sp³-hybridized carbons (Fsp3) is 0.208. The molecule has 1 unspecified atom stereocenters. The molecule has 6 heteroatoms. The first-order chi connectivity index (χ1) is 14.5. The molecule has 0 aliphatic heterocycles. The second-order valence-electron chi connectivity index (χ2n) is 6.88. The number of benzene rings is 3. The summed E-state index contributed by atoms with van der Waals surface area (Å²) in [4.78, 5) is 0. The average molecular weight is 495 g/mol. The first kappa shape index (κ1) is 25.1. The first-order valence-electron chi connectivity index (χ1n) is 9.74. The van der Waals surface area contributed by atoms with Gasteiger partial charge in [-0.2, -0.15) is 0 Å². The van der Waals surface area contributed by atoms with Crippen LogP contribution in [0.1, 0.15) is 29.2 Å². The topological polar surface area (TPSA) is 23.2 Å². The van der Waals surface area contributed by atoms with Gasteiger partial charge in [0.15, 0.2) is 12.8 Å². The van der Waals surface area contributed by atoms with Crippen molar-refractivity contribution in [2.45, 2.75) is 27.3 Å². The van der Waals surface area contributed by atoms with E-state index in [1.54, 1.807) is 0 Å². The van der Waals surface area contributed by atoms with E-state index in [2.05, 4.69) is 73.2 Å². The Balaban J connectivity index is 0.00000101. The van der Waals surface area contributed by atoms with Crippen LogP contribution in [0.2, 0.25) is 0 Å². The van der Waals surface area contributed by atoms with Gasteiger partial charge < -0.3 is 5.11 Å². The molecule has 0 radical (unpaired) electrons. The van der Waals surface area contributed by atoms with Crippen molar-refractivity contribution in [3.05, 3.63) is 89.0 Å². The summed E-state index contributed by atoms with van der Waals surface area (Å²) in [6.07, 6.45) is 2.26. The van der Waals surface area contributed by atoms with Gasteiger partial charge in [-0.05, 0) is 43.3 Å². The van der Waals surface area contributed by atoms with Crippen LogP contribution >= 0.6 is 27.2 Å². The molecule has 0 fully saturated rings. The maximum atomic E-state index is 10.4. The van der Waals surface area contributed by atoms with Crippen molar-refractivity contribution < 1.29 is 26.7 Å². The molecular formula is C24H27Cl2NOPTi+. The van der Waals surface area contributed by atoms with Crippen LogP contribution in [0.25, 0.3) is 0 Å². The molecule has 1 N–H and O–H groups in total. The molecular weight excluding hydrogens is 468 g/mol. The van der Waals surface area contributed by atoms with Gasteiger partial charge in [0.2, 0.25) is 0 Å². The van der Waals surface area contributed by atoms with Crippen molar-refractivity contribution in [1.82, 2.24) is 0 Å². The Hall–Kier alpha value is -1.15. The Morgan fingerprint density at radius 1 is 0.933 bits per heavy atom. The third kappa shape index (κ3) is 7.52. The summed E-state index contributed by atoms with van der Waals surface area (Å²) in [5.41, 5.74) is 4.73. The van der Waals surface area contributed by atoms with E-state index in [9.17, 15) is 5.11 Å². The number of hydrogen-bond acceptors (Lipinski definition) is 1. The molecule has 3 aromatic rings. The number of phenolic OH excluding ortho intramolecular Hbond substituents is 1. The summed E-state index contributed by atoms with van der Waals surface area (Å²) in [6.45, 7) is 8.13. The number of aromatic hydroxyl groups is 1. The van der Waals surface area contributed by atoms with Gasteiger partial charge in [0.25, 0.3) is 0 Å². The minimum atomic E-state index is -0.556. The fourth-order valence-corrected chi connectivity index (χ4v) is 4.46. The zero-order valence-electron chi connectivity index (χ0n) is 17.5. The van der Waals surface area contributed by atoms with Crippen molar-refractivity contribution in [1.29, 1.82) is 0 Å². The van der Waals surface area contributed by atoms with Crippen molar-refractivity contribution >= 4 is 44.0 Å². The summed E-state index contributed by atoms with van der Waals surface area (Å²) in [7, 11) is 10.2. The molecule has 2 nitrogen and oxygen atoms in total. The van der Waals surface area contributed by atoms with Crippen molar-refractivity contribution in [3.8, 4) is 5.75 Å². The summed E-state index contributed by atoms with van der Waals surface area (Å²) in [5, 5.41) is 12.8. The second kappa shape index (κ2) is 13.3. The van der Waals surface area contributed by atoms with Gasteiger partial charge in [-0.25, -0.2) is 4.58 Å². The molecule has 3 aromatic carbocycles. The molecule has 30 heavy (non-hydrogen) atoms. The number of aryl methyl sites for hydroxylation is 2. The Kier molecular flexibility index (Phi) is 11.1. The Bertz CT molecular complexity index is 980. The Morgan fingerprint density at radius 2 is 1.57 bits per heavy atom. The van der Waals surface area contributed by atoms with E-state index < -0.39 is 17.0 Å². The molecule has 0 bridgehead atoms. The van der Waals surface area contributed by atoms with Crippen LogP contribution in [0.5, 0.6) is 5.75 Å². The quantitative estimate of drug-likeness (QED) is 0.203. The van der Waals surface area contributed by atoms with Crippen LogP contribution < -0.4 is 10.6 Å². The predicted octanol–water partition coefficient (Wildman–Crippen LogP) is 5.67. The monoisotopic (exact) mass is 494 g/mol. The molecule has 0 heterocycles. The van der Waals surface area contributed by atoms with Crippen LogP contribution in [-0.4, -0.2) is 22.4 Å². The molecule has 0 aliphatic rings. The van der Waals surface area contributed by atoms with Gasteiger partial charge in [0.05, 0.1) is 0 Å². The van der Waals surface area contributed by atoms with E-state index in [-0.39, 0.29) is 0 Å². The molecule has 0 aromatic heterocycles. The number of phenols is 1.